The Hall–Kier alpha value is -0.0400. The van der Waals surface area contributed by atoms with Crippen LogP contribution in [0.3, 0.4) is 0 Å². The number of aliphatic hydroxyl groups excluding tert-OH is 1. The van der Waals surface area contributed by atoms with Crippen LogP contribution in [-0.4, -0.2) is 11.2 Å². The van der Waals surface area contributed by atoms with Crippen LogP contribution in [0.5, 0.6) is 0 Å². The average Bonchev–Trinajstić information content (AvgIpc) is 2.34. The predicted octanol–water partition coefficient (Wildman–Crippen LogP) is 2.97. The van der Waals surface area contributed by atoms with Crippen LogP contribution in [0.15, 0.2) is 0 Å². The van der Waals surface area contributed by atoms with E-state index in [1.165, 1.54) is 25.7 Å². The highest BCUT2D eigenvalue weighted by molar-refractivity contribution is 4.92. The molecule has 1 N–H and O–H groups in total. The summed E-state index contributed by atoms with van der Waals surface area (Å²) in [4.78, 5) is 0. The van der Waals surface area contributed by atoms with Gasteiger partial charge in [0.05, 0.1) is 6.10 Å². The van der Waals surface area contributed by atoms with Gasteiger partial charge in [0.2, 0.25) is 0 Å². The van der Waals surface area contributed by atoms with E-state index in [4.69, 9.17) is 0 Å². The molecule has 0 aromatic carbocycles. The van der Waals surface area contributed by atoms with Crippen LogP contribution in [-0.2, 0) is 0 Å². The lowest BCUT2D eigenvalue weighted by Gasteiger charge is -2.39. The molecule has 0 saturated heterocycles. The normalized spacial score (nSPS) is 25.8. The second-order valence-electron chi connectivity index (χ2n) is 5.63. The first-order chi connectivity index (χ1) is 5.36. The summed E-state index contributed by atoms with van der Waals surface area (Å²) < 4.78 is 0. The molecule has 1 nitrogen and oxygen atoms in total. The fourth-order valence-corrected chi connectivity index (χ4v) is 2.50. The van der Waals surface area contributed by atoms with E-state index in [9.17, 15) is 5.11 Å². The van der Waals surface area contributed by atoms with E-state index in [1.807, 2.05) is 0 Å². The summed E-state index contributed by atoms with van der Waals surface area (Å²) in [5, 5.41) is 10.1. The van der Waals surface area contributed by atoms with Crippen molar-refractivity contribution in [2.24, 2.45) is 10.8 Å². The van der Waals surface area contributed by atoms with Crippen LogP contribution in [0.1, 0.15) is 53.4 Å². The smallest absolute Gasteiger partial charge is 0.0641 e. The highest BCUT2D eigenvalue weighted by Gasteiger charge is 2.41. The van der Waals surface area contributed by atoms with Gasteiger partial charge >= 0.3 is 0 Å². The minimum atomic E-state index is -0.146. The molecule has 1 heteroatoms. The van der Waals surface area contributed by atoms with Gasteiger partial charge in [-0.1, -0.05) is 40.5 Å². The van der Waals surface area contributed by atoms with Crippen molar-refractivity contribution in [1.29, 1.82) is 0 Å². The van der Waals surface area contributed by atoms with Crippen molar-refractivity contribution >= 4 is 0 Å². The summed E-state index contributed by atoms with van der Waals surface area (Å²) >= 11 is 0. The van der Waals surface area contributed by atoms with Crippen LogP contribution >= 0.6 is 0 Å². The monoisotopic (exact) mass is 170 g/mol. The lowest BCUT2D eigenvalue weighted by Crippen LogP contribution is -2.40. The third kappa shape index (κ3) is 1.82. The summed E-state index contributed by atoms with van der Waals surface area (Å²) in [5.74, 6) is 0. The summed E-state index contributed by atoms with van der Waals surface area (Å²) in [5.41, 5.74) is 0.233. The second-order valence-corrected chi connectivity index (χ2v) is 5.63. The van der Waals surface area contributed by atoms with Crippen LogP contribution < -0.4 is 0 Å². The predicted molar refractivity (Wildman–Crippen MR) is 52.0 cm³/mol. The Morgan fingerprint density at radius 3 is 1.92 bits per heavy atom. The number of aliphatic hydroxyl groups is 1. The molecule has 0 aliphatic heterocycles. The van der Waals surface area contributed by atoms with Crippen LogP contribution in [0, 0.1) is 10.8 Å². The van der Waals surface area contributed by atoms with Gasteiger partial charge in [-0.25, -0.2) is 0 Å². The Morgan fingerprint density at radius 1 is 1.17 bits per heavy atom. The molecule has 1 aliphatic carbocycles. The number of rotatable bonds is 1. The first kappa shape index (κ1) is 10.0. The van der Waals surface area contributed by atoms with Crippen LogP contribution in [0.4, 0.5) is 0 Å². The van der Waals surface area contributed by atoms with Gasteiger partial charge in [-0.3, -0.25) is 0 Å². The van der Waals surface area contributed by atoms with Gasteiger partial charge in [0.1, 0.15) is 0 Å². The molecule has 0 spiro atoms. The van der Waals surface area contributed by atoms with E-state index in [0.717, 1.165) is 0 Å². The molecule has 0 aromatic heterocycles. The highest BCUT2D eigenvalue weighted by atomic mass is 16.3. The summed E-state index contributed by atoms with van der Waals surface area (Å²) in [7, 11) is 0. The number of hydrogen-bond acceptors (Lipinski definition) is 1. The first-order valence-electron chi connectivity index (χ1n) is 5.04. The molecule has 0 radical (unpaired) electrons. The van der Waals surface area contributed by atoms with Gasteiger partial charge in [0.25, 0.3) is 0 Å². The summed E-state index contributed by atoms with van der Waals surface area (Å²) in [6.45, 7) is 8.61. The Morgan fingerprint density at radius 2 is 1.58 bits per heavy atom. The molecule has 1 unspecified atom stereocenters. The zero-order valence-corrected chi connectivity index (χ0v) is 8.85. The lowest BCUT2D eigenvalue weighted by atomic mass is 9.71. The maximum atomic E-state index is 10.1. The van der Waals surface area contributed by atoms with Crippen molar-refractivity contribution < 1.29 is 5.11 Å². The Balaban J connectivity index is 2.68. The maximum Gasteiger partial charge on any atom is 0.0641 e. The molecular formula is C11H22O. The molecular weight excluding hydrogens is 148 g/mol. The van der Waals surface area contributed by atoms with E-state index < -0.39 is 0 Å². The van der Waals surface area contributed by atoms with E-state index in [0.29, 0.717) is 0 Å². The average molecular weight is 170 g/mol. The van der Waals surface area contributed by atoms with Gasteiger partial charge < -0.3 is 5.11 Å². The second kappa shape index (κ2) is 3.02. The summed E-state index contributed by atoms with van der Waals surface area (Å²) in [6.07, 6.45) is 4.84. The van der Waals surface area contributed by atoms with Crippen molar-refractivity contribution in [3.63, 3.8) is 0 Å². The van der Waals surface area contributed by atoms with E-state index in [2.05, 4.69) is 27.7 Å². The van der Waals surface area contributed by atoms with Crippen LogP contribution in [0.25, 0.3) is 0 Å². The van der Waals surface area contributed by atoms with E-state index >= 15 is 0 Å². The molecule has 1 fully saturated rings. The zero-order chi connectivity index (χ0) is 9.41. The molecule has 72 valence electrons. The SMILES string of the molecule is CC(C)(C)C(O)C1(C)CCCC1. The van der Waals surface area contributed by atoms with Crippen molar-refractivity contribution in [1.82, 2.24) is 0 Å². The molecule has 12 heavy (non-hydrogen) atoms. The molecule has 0 bridgehead atoms. The Bertz CT molecular complexity index is 149. The standard InChI is InChI=1S/C11H22O/c1-10(2,3)9(12)11(4)7-5-6-8-11/h9,12H,5-8H2,1-4H3. The van der Waals surface area contributed by atoms with Crippen molar-refractivity contribution in [2.45, 2.75) is 59.5 Å². The topological polar surface area (TPSA) is 20.2 Å². The highest BCUT2D eigenvalue weighted by Crippen LogP contribution is 2.45. The molecule has 1 atom stereocenters. The Kier molecular flexibility index (Phi) is 2.53. The fraction of sp³-hybridized carbons (Fsp3) is 1.00. The number of hydrogen-bond donors (Lipinski definition) is 1. The minimum Gasteiger partial charge on any atom is -0.392 e. The van der Waals surface area contributed by atoms with Crippen LogP contribution in [0.2, 0.25) is 0 Å². The fourth-order valence-electron chi connectivity index (χ4n) is 2.50. The lowest BCUT2D eigenvalue weighted by molar-refractivity contribution is -0.0382. The largest absolute Gasteiger partial charge is 0.392 e. The molecule has 0 amide bonds. The maximum absolute atomic E-state index is 10.1. The van der Waals surface area contributed by atoms with Crippen molar-refractivity contribution in [3.8, 4) is 0 Å². The van der Waals surface area contributed by atoms with Gasteiger partial charge in [-0.05, 0) is 23.7 Å². The molecule has 1 rings (SSSR count). The zero-order valence-electron chi connectivity index (χ0n) is 8.85. The van der Waals surface area contributed by atoms with Crippen molar-refractivity contribution in [3.05, 3.63) is 0 Å². The van der Waals surface area contributed by atoms with Gasteiger partial charge in [-0.15, -0.1) is 0 Å². The quantitative estimate of drug-likeness (QED) is 0.641. The minimum absolute atomic E-state index is 0.0408. The van der Waals surface area contributed by atoms with Gasteiger partial charge in [0, 0.05) is 0 Å². The van der Waals surface area contributed by atoms with Gasteiger partial charge in [-0.2, -0.15) is 0 Å². The van der Waals surface area contributed by atoms with Crippen molar-refractivity contribution in [2.75, 3.05) is 0 Å². The third-order valence-corrected chi connectivity index (χ3v) is 3.23. The van der Waals surface area contributed by atoms with Gasteiger partial charge in [0.15, 0.2) is 0 Å². The van der Waals surface area contributed by atoms with E-state index in [1.54, 1.807) is 0 Å². The first-order valence-corrected chi connectivity index (χ1v) is 5.04. The molecule has 1 saturated carbocycles. The Labute approximate surface area is 76.2 Å². The molecule has 1 aliphatic rings. The van der Waals surface area contributed by atoms with E-state index in [-0.39, 0.29) is 16.9 Å². The molecule has 0 aromatic rings. The summed E-state index contributed by atoms with van der Waals surface area (Å²) in [6, 6.07) is 0. The third-order valence-electron chi connectivity index (χ3n) is 3.23. The molecule has 0 heterocycles.